The highest BCUT2D eigenvalue weighted by Gasteiger charge is 2.17. The number of hydrogen-bond acceptors (Lipinski definition) is 2. The number of hydrogen-bond donors (Lipinski definition) is 1. The monoisotopic (exact) mass is 234 g/mol. The number of carboxylic acids is 1. The van der Waals surface area contributed by atoms with Gasteiger partial charge in [0.1, 0.15) is 10.8 Å². The van der Waals surface area contributed by atoms with E-state index in [4.69, 9.17) is 33.0 Å². The van der Waals surface area contributed by atoms with Gasteiger partial charge in [0.05, 0.1) is 5.02 Å². The number of carbonyl (C=O) groups is 1. The first-order valence-electron chi connectivity index (χ1n) is 3.93. The van der Waals surface area contributed by atoms with Crippen LogP contribution in [0.1, 0.15) is 13.3 Å². The summed E-state index contributed by atoms with van der Waals surface area (Å²) >= 11 is 11.3. The van der Waals surface area contributed by atoms with Gasteiger partial charge in [-0.05, 0) is 0 Å². The zero-order valence-corrected chi connectivity index (χ0v) is 8.89. The molecule has 0 spiro atoms. The van der Waals surface area contributed by atoms with Crippen molar-refractivity contribution in [1.29, 1.82) is 0 Å². The van der Waals surface area contributed by atoms with Crippen LogP contribution in [-0.4, -0.2) is 11.1 Å². The summed E-state index contributed by atoms with van der Waals surface area (Å²) in [7, 11) is 0. The number of aliphatic carboxylic acids is 1. The Labute approximate surface area is 91.2 Å². The molecule has 3 rings (SSSR count). The highest BCUT2D eigenvalue weighted by molar-refractivity contribution is 6.43. The Morgan fingerprint density at radius 3 is 2.21 bits per heavy atom. The third kappa shape index (κ3) is 2.53. The van der Waals surface area contributed by atoms with Gasteiger partial charge in [0.25, 0.3) is 0 Å². The molecule has 0 amide bonds. The maximum Gasteiger partial charge on any atom is 0.303 e. The lowest BCUT2D eigenvalue weighted by atomic mass is 10.2. The summed E-state index contributed by atoms with van der Waals surface area (Å²) in [5, 5.41) is 8.79. The van der Waals surface area contributed by atoms with E-state index in [-0.39, 0.29) is 6.42 Å². The van der Waals surface area contributed by atoms with Crippen LogP contribution in [0.3, 0.4) is 0 Å². The van der Waals surface area contributed by atoms with E-state index in [2.05, 4.69) is 0 Å². The molecule has 0 radical (unpaired) electrons. The second-order valence-electron chi connectivity index (χ2n) is 2.57. The van der Waals surface area contributed by atoms with Crippen LogP contribution in [0.4, 0.5) is 0 Å². The molecule has 2 aliphatic rings. The maximum absolute atomic E-state index is 9.37. The van der Waals surface area contributed by atoms with E-state index in [9.17, 15) is 4.79 Å². The molecule has 2 bridgehead atoms. The Balaban J connectivity index is 0.000000171. The van der Waals surface area contributed by atoms with E-state index in [0.29, 0.717) is 15.8 Å². The van der Waals surface area contributed by atoms with Crippen LogP contribution < -0.4 is 4.74 Å². The molecule has 3 nitrogen and oxygen atoms in total. The lowest BCUT2D eigenvalue weighted by Crippen LogP contribution is -1.95. The van der Waals surface area contributed by atoms with E-state index in [0.717, 1.165) is 5.75 Å². The van der Waals surface area contributed by atoms with Gasteiger partial charge < -0.3 is 9.84 Å². The Morgan fingerprint density at radius 2 is 2.00 bits per heavy atom. The average molecular weight is 235 g/mol. The van der Waals surface area contributed by atoms with Crippen LogP contribution in [0.15, 0.2) is 12.1 Å². The van der Waals surface area contributed by atoms with Crippen molar-refractivity contribution in [3.8, 4) is 11.5 Å². The van der Waals surface area contributed by atoms with Crippen LogP contribution >= 0.6 is 23.2 Å². The van der Waals surface area contributed by atoms with E-state index in [1.54, 1.807) is 13.0 Å². The summed E-state index contributed by atoms with van der Waals surface area (Å²) < 4.78 is 5.01. The van der Waals surface area contributed by atoms with Crippen molar-refractivity contribution in [3.63, 3.8) is 0 Å². The molecule has 2 aliphatic heterocycles. The molecule has 14 heavy (non-hydrogen) atoms. The quantitative estimate of drug-likeness (QED) is 0.821. The van der Waals surface area contributed by atoms with Crippen molar-refractivity contribution >= 4 is 29.2 Å². The number of benzene rings is 1. The normalized spacial score (nSPS) is 10.5. The van der Waals surface area contributed by atoms with E-state index >= 15 is 0 Å². The topological polar surface area (TPSA) is 46.5 Å². The lowest BCUT2D eigenvalue weighted by molar-refractivity contribution is -0.136. The standard InChI is InChI=1S/C6H2Cl2O.C3H6O2/c7-4-1-3-2-5(9-3)6(4)8;1-2-3(4)5/h1-2H;2H2,1H3,(H,4,5). The summed E-state index contributed by atoms with van der Waals surface area (Å²) in [5.41, 5.74) is 0. The largest absolute Gasteiger partial charge is 0.481 e. The number of halogens is 2. The number of ether oxygens (including phenoxy) is 1. The zero-order valence-electron chi connectivity index (χ0n) is 7.38. The predicted molar refractivity (Wildman–Crippen MR) is 54.5 cm³/mol. The molecule has 2 heterocycles. The number of fused-ring (bicyclic) bond motifs is 2. The molecular weight excluding hydrogens is 227 g/mol. The maximum atomic E-state index is 9.37. The molecule has 5 heteroatoms. The summed E-state index contributed by atoms with van der Waals surface area (Å²) in [5.74, 6) is 0.726. The van der Waals surface area contributed by atoms with Crippen LogP contribution in [0.25, 0.3) is 0 Å². The van der Waals surface area contributed by atoms with E-state index in [1.165, 1.54) is 0 Å². The fraction of sp³-hybridized carbons (Fsp3) is 0.222. The molecule has 0 saturated carbocycles. The van der Waals surface area contributed by atoms with Crippen LogP contribution in [0.5, 0.6) is 11.5 Å². The molecule has 1 N–H and O–H groups in total. The fourth-order valence-corrected chi connectivity index (χ4v) is 1.09. The van der Waals surface area contributed by atoms with Gasteiger partial charge in [-0.2, -0.15) is 0 Å². The highest BCUT2D eigenvalue weighted by atomic mass is 35.5. The molecule has 1 aromatic carbocycles. The molecule has 76 valence electrons. The molecule has 0 saturated heterocycles. The van der Waals surface area contributed by atoms with Crippen LogP contribution in [0, 0.1) is 0 Å². The average Bonchev–Trinajstić information content (AvgIpc) is 2.08. The van der Waals surface area contributed by atoms with Gasteiger partial charge >= 0.3 is 5.97 Å². The Morgan fingerprint density at radius 1 is 1.50 bits per heavy atom. The molecule has 0 unspecified atom stereocenters. The van der Waals surface area contributed by atoms with Gasteiger partial charge in [-0.25, -0.2) is 0 Å². The van der Waals surface area contributed by atoms with E-state index in [1.807, 2.05) is 6.07 Å². The Hall–Kier alpha value is -0.930. The van der Waals surface area contributed by atoms with Crippen molar-refractivity contribution in [1.82, 2.24) is 0 Å². The van der Waals surface area contributed by atoms with E-state index < -0.39 is 5.97 Å². The van der Waals surface area contributed by atoms with Crippen molar-refractivity contribution in [2.75, 3.05) is 0 Å². The van der Waals surface area contributed by atoms with Crippen molar-refractivity contribution in [2.45, 2.75) is 13.3 Å². The van der Waals surface area contributed by atoms with Gasteiger partial charge in [-0.3, -0.25) is 4.79 Å². The fourth-order valence-electron chi connectivity index (χ4n) is 0.742. The van der Waals surface area contributed by atoms with Gasteiger partial charge in [-0.15, -0.1) is 0 Å². The van der Waals surface area contributed by atoms with Crippen molar-refractivity contribution in [3.05, 3.63) is 22.2 Å². The zero-order chi connectivity index (χ0) is 10.7. The molecule has 0 aliphatic carbocycles. The molecule has 0 fully saturated rings. The SMILES string of the molecule is CCC(=O)O.Clc1cc2cc(c1Cl)O2. The van der Waals surface area contributed by atoms with Crippen LogP contribution in [0.2, 0.25) is 10.0 Å². The summed E-state index contributed by atoms with van der Waals surface area (Å²) in [4.78, 5) is 9.37. The predicted octanol–water partition coefficient (Wildman–Crippen LogP) is 3.58. The second kappa shape index (κ2) is 4.53. The lowest BCUT2D eigenvalue weighted by Gasteiger charge is -2.17. The third-order valence-corrected chi connectivity index (χ3v) is 2.28. The first-order valence-corrected chi connectivity index (χ1v) is 4.69. The first kappa shape index (κ1) is 11.1. The minimum atomic E-state index is -0.745. The van der Waals surface area contributed by atoms with Crippen LogP contribution in [-0.2, 0) is 4.79 Å². The number of carboxylic acid groups (broad SMARTS) is 1. The highest BCUT2D eigenvalue weighted by Crippen LogP contribution is 2.45. The van der Waals surface area contributed by atoms with Gasteiger partial charge in [0.15, 0.2) is 5.75 Å². The smallest absolute Gasteiger partial charge is 0.303 e. The summed E-state index contributed by atoms with van der Waals surface area (Å²) in [6.07, 6.45) is 0.222. The van der Waals surface area contributed by atoms with Crippen molar-refractivity contribution in [2.24, 2.45) is 0 Å². The van der Waals surface area contributed by atoms with Crippen molar-refractivity contribution < 1.29 is 14.6 Å². The summed E-state index contributed by atoms with van der Waals surface area (Å²) in [6, 6.07) is 3.53. The second-order valence-corrected chi connectivity index (χ2v) is 3.35. The minimum Gasteiger partial charge on any atom is -0.481 e. The Bertz CT molecular complexity index is 360. The summed E-state index contributed by atoms with van der Waals surface area (Å²) in [6.45, 7) is 1.60. The minimum absolute atomic E-state index is 0.222. The molecule has 0 atom stereocenters. The molecule has 0 aromatic heterocycles. The molecule has 1 aromatic rings. The third-order valence-electron chi connectivity index (χ3n) is 1.50. The van der Waals surface area contributed by atoms with Gasteiger partial charge in [-0.1, -0.05) is 30.1 Å². The first-order chi connectivity index (χ1) is 6.54. The van der Waals surface area contributed by atoms with Gasteiger partial charge in [0, 0.05) is 18.6 Å². The Kier molecular flexibility index (Phi) is 3.61. The van der Waals surface area contributed by atoms with Gasteiger partial charge in [0.2, 0.25) is 0 Å². The molecular formula is C9H8Cl2O3. The number of rotatable bonds is 1.